The van der Waals surface area contributed by atoms with Crippen molar-refractivity contribution in [2.75, 3.05) is 20.1 Å². The van der Waals surface area contributed by atoms with Gasteiger partial charge in [-0.2, -0.15) is 0 Å². The van der Waals surface area contributed by atoms with Gasteiger partial charge in [-0.1, -0.05) is 34.5 Å². The lowest BCUT2D eigenvalue weighted by Crippen LogP contribution is -2.33. The van der Waals surface area contributed by atoms with Crippen LogP contribution in [-0.4, -0.2) is 25.0 Å². The van der Waals surface area contributed by atoms with Crippen molar-refractivity contribution in [2.24, 2.45) is 11.7 Å². The van der Waals surface area contributed by atoms with E-state index >= 15 is 0 Å². The van der Waals surface area contributed by atoms with Gasteiger partial charge in [0.15, 0.2) is 0 Å². The van der Waals surface area contributed by atoms with Crippen LogP contribution >= 0.6 is 15.9 Å². The second-order valence-electron chi connectivity index (χ2n) is 5.44. The van der Waals surface area contributed by atoms with E-state index in [2.05, 4.69) is 53.0 Å². The van der Waals surface area contributed by atoms with Gasteiger partial charge in [0.1, 0.15) is 0 Å². The second-order valence-corrected chi connectivity index (χ2v) is 6.30. The van der Waals surface area contributed by atoms with Crippen LogP contribution in [0.25, 0.3) is 0 Å². The van der Waals surface area contributed by atoms with Gasteiger partial charge in [-0.15, -0.1) is 0 Å². The molecule has 0 bridgehead atoms. The molecule has 1 fully saturated rings. The van der Waals surface area contributed by atoms with Crippen molar-refractivity contribution in [3.05, 3.63) is 33.8 Å². The highest BCUT2D eigenvalue weighted by molar-refractivity contribution is 9.10. The van der Waals surface area contributed by atoms with E-state index in [4.69, 9.17) is 5.73 Å². The smallest absolute Gasteiger partial charge is 0.0396 e. The molecule has 0 aliphatic carbocycles. The van der Waals surface area contributed by atoms with Gasteiger partial charge in [0, 0.05) is 10.5 Å². The summed E-state index contributed by atoms with van der Waals surface area (Å²) >= 11 is 3.72. The first-order valence-electron chi connectivity index (χ1n) is 6.80. The standard InChI is InChI=1S/C15H23BrN2/c1-11-6-7-13(14(16)9-11)15-12(10-17)5-3-4-8-18(15)2/h6-7,9,12,15H,3-5,8,10,17H2,1-2H3. The van der Waals surface area contributed by atoms with E-state index in [9.17, 15) is 0 Å². The fraction of sp³-hybridized carbons (Fsp3) is 0.600. The largest absolute Gasteiger partial charge is 0.330 e. The van der Waals surface area contributed by atoms with Crippen molar-refractivity contribution in [3.63, 3.8) is 0 Å². The summed E-state index contributed by atoms with van der Waals surface area (Å²) in [7, 11) is 2.23. The lowest BCUT2D eigenvalue weighted by molar-refractivity contribution is 0.195. The highest BCUT2D eigenvalue weighted by Gasteiger charge is 2.29. The number of hydrogen-bond donors (Lipinski definition) is 1. The zero-order valence-corrected chi connectivity index (χ0v) is 12.9. The van der Waals surface area contributed by atoms with Gasteiger partial charge >= 0.3 is 0 Å². The molecule has 1 heterocycles. The second kappa shape index (κ2) is 6.18. The molecule has 0 amide bonds. The molecule has 0 radical (unpaired) electrons. The fourth-order valence-corrected chi connectivity index (χ4v) is 3.76. The lowest BCUT2D eigenvalue weighted by Gasteiger charge is -2.33. The van der Waals surface area contributed by atoms with E-state index in [0.29, 0.717) is 12.0 Å². The Kier molecular flexibility index (Phi) is 4.82. The third-order valence-electron chi connectivity index (χ3n) is 4.03. The number of benzene rings is 1. The van der Waals surface area contributed by atoms with E-state index in [1.807, 2.05) is 0 Å². The normalized spacial score (nSPS) is 26.0. The molecular weight excluding hydrogens is 288 g/mol. The summed E-state index contributed by atoms with van der Waals surface area (Å²) in [6, 6.07) is 7.12. The monoisotopic (exact) mass is 310 g/mol. The molecule has 0 spiro atoms. The summed E-state index contributed by atoms with van der Waals surface area (Å²) in [5, 5.41) is 0. The summed E-state index contributed by atoms with van der Waals surface area (Å²) in [4.78, 5) is 2.47. The van der Waals surface area contributed by atoms with Crippen molar-refractivity contribution in [2.45, 2.75) is 32.2 Å². The number of nitrogens with zero attached hydrogens (tertiary/aromatic N) is 1. The predicted molar refractivity (Wildman–Crippen MR) is 80.6 cm³/mol. The zero-order valence-electron chi connectivity index (χ0n) is 11.3. The number of likely N-dealkylation sites (tertiary alicyclic amines) is 1. The number of halogens is 1. The Balaban J connectivity index is 2.36. The van der Waals surface area contributed by atoms with Crippen LogP contribution in [0.2, 0.25) is 0 Å². The molecular formula is C15H23BrN2. The molecule has 1 aromatic rings. The molecule has 3 heteroatoms. The van der Waals surface area contributed by atoms with Crippen LogP contribution < -0.4 is 5.73 Å². The minimum absolute atomic E-state index is 0.451. The number of aryl methyl sites for hydroxylation is 1. The molecule has 100 valence electrons. The molecule has 2 nitrogen and oxygen atoms in total. The molecule has 2 rings (SSSR count). The van der Waals surface area contributed by atoms with Crippen molar-refractivity contribution >= 4 is 15.9 Å². The highest BCUT2D eigenvalue weighted by Crippen LogP contribution is 2.37. The third-order valence-corrected chi connectivity index (χ3v) is 4.72. The first-order valence-corrected chi connectivity index (χ1v) is 7.59. The maximum atomic E-state index is 6.00. The van der Waals surface area contributed by atoms with Crippen molar-refractivity contribution in [1.82, 2.24) is 4.90 Å². The summed E-state index contributed by atoms with van der Waals surface area (Å²) in [5.41, 5.74) is 8.69. The molecule has 1 saturated heterocycles. The van der Waals surface area contributed by atoms with Gasteiger partial charge in [-0.05, 0) is 63.0 Å². The Labute approximate surface area is 119 Å². The molecule has 18 heavy (non-hydrogen) atoms. The van der Waals surface area contributed by atoms with Crippen LogP contribution in [0.3, 0.4) is 0 Å². The molecule has 2 unspecified atom stereocenters. The molecule has 1 aliphatic heterocycles. The van der Waals surface area contributed by atoms with Crippen molar-refractivity contribution in [3.8, 4) is 0 Å². The van der Waals surface area contributed by atoms with Crippen LogP contribution in [0.5, 0.6) is 0 Å². The van der Waals surface area contributed by atoms with E-state index in [-0.39, 0.29) is 0 Å². The first kappa shape index (κ1) is 14.0. The van der Waals surface area contributed by atoms with Gasteiger partial charge in [0.25, 0.3) is 0 Å². The first-order chi connectivity index (χ1) is 8.63. The number of hydrogen-bond acceptors (Lipinski definition) is 2. The Morgan fingerprint density at radius 2 is 2.17 bits per heavy atom. The summed E-state index contributed by atoms with van der Waals surface area (Å²) in [5.74, 6) is 0.566. The molecule has 1 aliphatic rings. The van der Waals surface area contributed by atoms with Gasteiger partial charge in [0.05, 0.1) is 0 Å². The van der Waals surface area contributed by atoms with Crippen LogP contribution in [0, 0.1) is 12.8 Å². The van der Waals surface area contributed by atoms with Gasteiger partial charge in [0.2, 0.25) is 0 Å². The maximum absolute atomic E-state index is 6.00. The van der Waals surface area contributed by atoms with Crippen LogP contribution in [0.1, 0.15) is 36.4 Å². The van der Waals surface area contributed by atoms with Crippen molar-refractivity contribution < 1.29 is 0 Å². The van der Waals surface area contributed by atoms with Gasteiger partial charge in [-0.25, -0.2) is 0 Å². The average Bonchev–Trinajstić information content (AvgIpc) is 2.51. The predicted octanol–water partition coefficient (Wildman–Crippen LogP) is 3.49. The zero-order chi connectivity index (χ0) is 13.1. The summed E-state index contributed by atoms with van der Waals surface area (Å²) < 4.78 is 1.22. The molecule has 2 atom stereocenters. The van der Waals surface area contributed by atoms with Gasteiger partial charge < -0.3 is 5.73 Å². The molecule has 0 saturated carbocycles. The van der Waals surface area contributed by atoms with Crippen LogP contribution in [-0.2, 0) is 0 Å². The van der Waals surface area contributed by atoms with Crippen LogP contribution in [0.4, 0.5) is 0 Å². The minimum Gasteiger partial charge on any atom is -0.330 e. The molecule has 2 N–H and O–H groups in total. The highest BCUT2D eigenvalue weighted by atomic mass is 79.9. The molecule has 1 aromatic carbocycles. The van der Waals surface area contributed by atoms with Crippen molar-refractivity contribution in [1.29, 1.82) is 0 Å². The molecule has 0 aromatic heterocycles. The van der Waals surface area contributed by atoms with E-state index in [0.717, 1.165) is 6.54 Å². The lowest BCUT2D eigenvalue weighted by atomic mass is 9.89. The average molecular weight is 311 g/mol. The maximum Gasteiger partial charge on any atom is 0.0396 e. The topological polar surface area (TPSA) is 29.3 Å². The van der Waals surface area contributed by atoms with Crippen LogP contribution in [0.15, 0.2) is 22.7 Å². The fourth-order valence-electron chi connectivity index (χ4n) is 3.03. The Hall–Kier alpha value is -0.380. The summed E-state index contributed by atoms with van der Waals surface area (Å²) in [6.07, 6.45) is 3.82. The van der Waals surface area contributed by atoms with E-state index in [1.54, 1.807) is 0 Å². The Morgan fingerprint density at radius 3 is 2.83 bits per heavy atom. The van der Waals surface area contributed by atoms with E-state index < -0.39 is 0 Å². The van der Waals surface area contributed by atoms with Gasteiger partial charge in [-0.3, -0.25) is 4.90 Å². The SMILES string of the molecule is Cc1ccc(C2C(CN)CCCCN2C)c(Br)c1. The minimum atomic E-state index is 0.451. The third kappa shape index (κ3) is 2.95. The number of rotatable bonds is 2. The number of nitrogens with two attached hydrogens (primary N) is 1. The Morgan fingerprint density at radius 1 is 1.39 bits per heavy atom. The summed E-state index contributed by atoms with van der Waals surface area (Å²) in [6.45, 7) is 4.07. The van der Waals surface area contributed by atoms with E-state index in [1.165, 1.54) is 41.4 Å². The quantitative estimate of drug-likeness (QED) is 0.906. The Bertz CT molecular complexity index is 405.